The van der Waals surface area contributed by atoms with Gasteiger partial charge in [0.05, 0.1) is 16.1 Å². The average molecular weight is 262 g/mol. The third-order valence-corrected chi connectivity index (χ3v) is 3.29. The lowest BCUT2D eigenvalue weighted by Gasteiger charge is -2.16. The maximum absolute atomic E-state index is 9.15. The third kappa shape index (κ3) is 3.95. The van der Waals surface area contributed by atoms with Gasteiger partial charge in [-0.2, -0.15) is 0 Å². The normalized spacial score (nSPS) is 14.8. The average Bonchev–Trinajstić information content (AvgIpc) is 2.21. The van der Waals surface area contributed by atoms with Crippen molar-refractivity contribution in [2.24, 2.45) is 0 Å². The van der Waals surface area contributed by atoms with Gasteiger partial charge >= 0.3 is 0 Å². The molecule has 4 heteroatoms. The third-order valence-electron chi connectivity index (χ3n) is 2.46. The van der Waals surface area contributed by atoms with E-state index < -0.39 is 0 Å². The van der Waals surface area contributed by atoms with E-state index in [9.17, 15) is 0 Å². The van der Waals surface area contributed by atoms with Crippen LogP contribution in [0.15, 0.2) is 18.2 Å². The summed E-state index contributed by atoms with van der Waals surface area (Å²) in [5.74, 6) is 0. The topological polar surface area (TPSA) is 32.3 Å². The summed E-state index contributed by atoms with van der Waals surface area (Å²) in [6.07, 6.45) is 0.442. The van der Waals surface area contributed by atoms with Gasteiger partial charge in [-0.25, -0.2) is 0 Å². The molecule has 16 heavy (non-hydrogen) atoms. The van der Waals surface area contributed by atoms with Gasteiger partial charge in [0.15, 0.2) is 0 Å². The van der Waals surface area contributed by atoms with Crippen LogP contribution in [-0.4, -0.2) is 17.8 Å². The SMILES string of the molecule is CC(O)CCNC(C)c1cccc(Cl)c1Cl. The lowest BCUT2D eigenvalue weighted by Crippen LogP contribution is -2.22. The molecule has 2 unspecified atom stereocenters. The summed E-state index contributed by atoms with van der Waals surface area (Å²) in [5, 5.41) is 13.6. The molecule has 2 N–H and O–H groups in total. The summed E-state index contributed by atoms with van der Waals surface area (Å²) in [6, 6.07) is 5.74. The molecule has 0 radical (unpaired) electrons. The van der Waals surface area contributed by atoms with Crippen LogP contribution in [-0.2, 0) is 0 Å². The Balaban J connectivity index is 2.59. The first kappa shape index (κ1) is 13.8. The second kappa shape index (κ2) is 6.45. The minimum absolute atomic E-state index is 0.130. The first-order chi connectivity index (χ1) is 7.52. The fourth-order valence-electron chi connectivity index (χ4n) is 1.47. The molecule has 90 valence electrons. The summed E-state index contributed by atoms with van der Waals surface area (Å²) < 4.78 is 0. The molecule has 0 aromatic heterocycles. The number of hydrogen-bond acceptors (Lipinski definition) is 2. The molecule has 0 saturated carbocycles. The van der Waals surface area contributed by atoms with Gasteiger partial charge in [-0.05, 0) is 38.4 Å². The van der Waals surface area contributed by atoms with E-state index in [-0.39, 0.29) is 12.1 Å². The maximum Gasteiger partial charge on any atom is 0.0639 e. The number of rotatable bonds is 5. The van der Waals surface area contributed by atoms with Crippen LogP contribution in [0, 0.1) is 0 Å². The van der Waals surface area contributed by atoms with Gasteiger partial charge in [-0.3, -0.25) is 0 Å². The van der Waals surface area contributed by atoms with Crippen LogP contribution in [0.4, 0.5) is 0 Å². The lowest BCUT2D eigenvalue weighted by atomic mass is 10.1. The molecule has 1 aromatic carbocycles. The van der Waals surface area contributed by atoms with Crippen molar-refractivity contribution in [1.82, 2.24) is 5.32 Å². The predicted octanol–water partition coefficient (Wildman–Crippen LogP) is 3.41. The van der Waals surface area contributed by atoms with Crippen molar-refractivity contribution in [3.63, 3.8) is 0 Å². The molecule has 0 saturated heterocycles. The molecule has 0 aliphatic heterocycles. The molecule has 2 nitrogen and oxygen atoms in total. The number of aliphatic hydroxyl groups excluding tert-OH is 1. The van der Waals surface area contributed by atoms with Gasteiger partial charge < -0.3 is 10.4 Å². The number of aliphatic hydroxyl groups is 1. The highest BCUT2D eigenvalue weighted by Crippen LogP contribution is 2.29. The second-order valence-corrected chi connectivity index (χ2v) is 4.74. The molecule has 0 heterocycles. The standard InChI is InChI=1S/C12H17Cl2NO/c1-8(16)6-7-15-9(2)10-4-3-5-11(13)12(10)14/h3-5,8-9,15-16H,6-7H2,1-2H3. The quantitative estimate of drug-likeness (QED) is 0.852. The number of halogens is 2. The van der Waals surface area contributed by atoms with Crippen molar-refractivity contribution >= 4 is 23.2 Å². The number of benzene rings is 1. The molecule has 0 fully saturated rings. The van der Waals surface area contributed by atoms with E-state index in [1.807, 2.05) is 19.1 Å². The summed E-state index contributed by atoms with van der Waals surface area (Å²) in [4.78, 5) is 0. The van der Waals surface area contributed by atoms with E-state index in [2.05, 4.69) is 5.32 Å². The lowest BCUT2D eigenvalue weighted by molar-refractivity contribution is 0.182. The largest absolute Gasteiger partial charge is 0.393 e. The Morgan fingerprint density at radius 3 is 2.62 bits per heavy atom. The minimum Gasteiger partial charge on any atom is -0.393 e. The van der Waals surface area contributed by atoms with Crippen LogP contribution in [0.5, 0.6) is 0 Å². The summed E-state index contributed by atoms with van der Waals surface area (Å²) in [6.45, 7) is 4.56. The predicted molar refractivity (Wildman–Crippen MR) is 69.2 cm³/mol. The molecule has 0 aliphatic carbocycles. The number of hydrogen-bond donors (Lipinski definition) is 2. The molecular weight excluding hydrogens is 245 g/mol. The van der Waals surface area contributed by atoms with Crippen LogP contribution >= 0.6 is 23.2 Å². The van der Waals surface area contributed by atoms with Gasteiger partial charge in [0.2, 0.25) is 0 Å². The van der Waals surface area contributed by atoms with Crippen LogP contribution in [0.2, 0.25) is 10.0 Å². The zero-order valence-electron chi connectivity index (χ0n) is 9.50. The van der Waals surface area contributed by atoms with Crippen LogP contribution in [0.25, 0.3) is 0 Å². The first-order valence-electron chi connectivity index (χ1n) is 5.37. The van der Waals surface area contributed by atoms with E-state index in [0.717, 1.165) is 18.5 Å². The Bertz CT molecular complexity index is 342. The van der Waals surface area contributed by atoms with Crippen LogP contribution in [0.3, 0.4) is 0 Å². The monoisotopic (exact) mass is 261 g/mol. The van der Waals surface area contributed by atoms with Crippen molar-refractivity contribution in [3.8, 4) is 0 Å². The summed E-state index contributed by atoms with van der Waals surface area (Å²) >= 11 is 12.1. The van der Waals surface area contributed by atoms with Gasteiger partial charge in [-0.15, -0.1) is 0 Å². The number of nitrogens with one attached hydrogen (secondary N) is 1. The van der Waals surface area contributed by atoms with Gasteiger partial charge in [0, 0.05) is 6.04 Å². The highest BCUT2D eigenvalue weighted by molar-refractivity contribution is 6.42. The molecular formula is C12H17Cl2NO. The first-order valence-corrected chi connectivity index (χ1v) is 6.13. The van der Waals surface area contributed by atoms with Crippen LogP contribution in [0.1, 0.15) is 31.9 Å². The fourth-order valence-corrected chi connectivity index (χ4v) is 1.95. The molecule has 1 rings (SSSR count). The van der Waals surface area contributed by atoms with Crippen molar-refractivity contribution in [2.45, 2.75) is 32.4 Å². The maximum atomic E-state index is 9.15. The molecule has 0 amide bonds. The Labute approximate surface area is 107 Å². The van der Waals surface area contributed by atoms with Gasteiger partial charge in [0.25, 0.3) is 0 Å². The molecule has 0 bridgehead atoms. The van der Waals surface area contributed by atoms with E-state index in [0.29, 0.717) is 10.0 Å². The Morgan fingerprint density at radius 1 is 1.31 bits per heavy atom. The zero-order chi connectivity index (χ0) is 12.1. The fraction of sp³-hybridized carbons (Fsp3) is 0.500. The molecule has 0 aliphatic rings. The Kier molecular flexibility index (Phi) is 5.56. The molecule has 1 aromatic rings. The van der Waals surface area contributed by atoms with Gasteiger partial charge in [-0.1, -0.05) is 35.3 Å². The smallest absolute Gasteiger partial charge is 0.0639 e. The Hall–Kier alpha value is -0.280. The van der Waals surface area contributed by atoms with E-state index in [1.165, 1.54) is 0 Å². The Morgan fingerprint density at radius 2 is 2.00 bits per heavy atom. The highest BCUT2D eigenvalue weighted by Gasteiger charge is 2.11. The molecule has 0 spiro atoms. The van der Waals surface area contributed by atoms with Crippen molar-refractivity contribution < 1.29 is 5.11 Å². The van der Waals surface area contributed by atoms with E-state index in [1.54, 1.807) is 13.0 Å². The van der Waals surface area contributed by atoms with Crippen molar-refractivity contribution in [1.29, 1.82) is 0 Å². The minimum atomic E-state index is -0.283. The summed E-state index contributed by atoms with van der Waals surface area (Å²) in [5.41, 5.74) is 0.986. The second-order valence-electron chi connectivity index (χ2n) is 3.96. The van der Waals surface area contributed by atoms with Crippen molar-refractivity contribution in [3.05, 3.63) is 33.8 Å². The van der Waals surface area contributed by atoms with Gasteiger partial charge in [0.1, 0.15) is 0 Å². The molecule has 2 atom stereocenters. The van der Waals surface area contributed by atoms with Crippen LogP contribution < -0.4 is 5.32 Å². The van der Waals surface area contributed by atoms with E-state index in [4.69, 9.17) is 28.3 Å². The summed E-state index contributed by atoms with van der Waals surface area (Å²) in [7, 11) is 0. The van der Waals surface area contributed by atoms with Crippen molar-refractivity contribution in [2.75, 3.05) is 6.54 Å². The highest BCUT2D eigenvalue weighted by atomic mass is 35.5. The van der Waals surface area contributed by atoms with E-state index >= 15 is 0 Å². The zero-order valence-corrected chi connectivity index (χ0v) is 11.0.